The van der Waals surface area contributed by atoms with Gasteiger partial charge in [-0.2, -0.15) is 4.31 Å². The number of halogens is 2. The lowest BCUT2D eigenvalue weighted by Gasteiger charge is -2.24. The third-order valence-electron chi connectivity index (χ3n) is 3.33. The molecule has 1 aromatic rings. The zero-order valence-electron chi connectivity index (χ0n) is 12.1. The molecule has 1 rings (SSSR count). The van der Waals surface area contributed by atoms with Crippen LogP contribution >= 0.6 is 27.5 Å². The van der Waals surface area contributed by atoms with Crippen molar-refractivity contribution in [2.75, 3.05) is 13.1 Å². The molecule has 1 atom stereocenters. The molecule has 0 aliphatic carbocycles. The van der Waals surface area contributed by atoms with Crippen LogP contribution in [-0.4, -0.2) is 25.8 Å². The van der Waals surface area contributed by atoms with Crippen molar-refractivity contribution in [1.82, 2.24) is 4.31 Å². The molecule has 114 valence electrons. The molecule has 0 spiro atoms. The molecule has 0 saturated carbocycles. The third kappa shape index (κ3) is 4.20. The maximum absolute atomic E-state index is 12.7. The largest absolute Gasteiger partial charge is 0.244 e. The second kappa shape index (κ2) is 7.78. The number of nitrogens with zero attached hydrogens (tertiary/aromatic N) is 1. The molecule has 0 aliphatic heterocycles. The Balaban J connectivity index is 3.14. The third-order valence-corrected chi connectivity index (χ3v) is 6.56. The van der Waals surface area contributed by atoms with E-state index in [9.17, 15) is 8.42 Å². The molecule has 6 heteroatoms. The van der Waals surface area contributed by atoms with E-state index >= 15 is 0 Å². The highest BCUT2D eigenvalue weighted by atomic mass is 79.9. The second-order valence-electron chi connectivity index (χ2n) is 4.87. The number of alkyl halides is 1. The van der Waals surface area contributed by atoms with E-state index in [0.29, 0.717) is 34.3 Å². The van der Waals surface area contributed by atoms with Crippen LogP contribution in [0.5, 0.6) is 0 Å². The normalized spacial score (nSPS) is 13.7. The summed E-state index contributed by atoms with van der Waals surface area (Å²) in [5.74, 6) is 0.703. The lowest BCUT2D eigenvalue weighted by molar-refractivity contribution is 0.361. The maximum Gasteiger partial charge on any atom is 0.244 e. The molecule has 1 unspecified atom stereocenters. The van der Waals surface area contributed by atoms with Crippen LogP contribution in [-0.2, 0) is 15.9 Å². The van der Waals surface area contributed by atoms with Gasteiger partial charge in [0.1, 0.15) is 0 Å². The minimum Gasteiger partial charge on any atom is -0.207 e. The van der Waals surface area contributed by atoms with Gasteiger partial charge in [0.05, 0.1) is 4.90 Å². The summed E-state index contributed by atoms with van der Waals surface area (Å²) in [7, 11) is -3.47. The first-order chi connectivity index (χ1) is 9.36. The number of sulfonamides is 1. The summed E-state index contributed by atoms with van der Waals surface area (Å²) in [4.78, 5) is 0.302. The van der Waals surface area contributed by atoms with Crippen LogP contribution in [0.15, 0.2) is 27.6 Å². The summed E-state index contributed by atoms with van der Waals surface area (Å²) in [6, 6.07) is 5.13. The molecule has 0 aliphatic rings. The van der Waals surface area contributed by atoms with E-state index in [-0.39, 0.29) is 0 Å². The Morgan fingerprint density at radius 1 is 1.35 bits per heavy atom. The van der Waals surface area contributed by atoms with E-state index in [1.807, 2.05) is 6.92 Å². The van der Waals surface area contributed by atoms with E-state index in [1.54, 1.807) is 18.2 Å². The van der Waals surface area contributed by atoms with Crippen LogP contribution in [0.1, 0.15) is 32.8 Å². The van der Waals surface area contributed by atoms with E-state index < -0.39 is 10.0 Å². The van der Waals surface area contributed by atoms with Gasteiger partial charge in [-0.3, -0.25) is 0 Å². The number of benzene rings is 1. The molecule has 0 saturated heterocycles. The van der Waals surface area contributed by atoms with E-state index in [1.165, 1.54) is 4.31 Å². The zero-order chi connectivity index (χ0) is 15.3. The average molecular weight is 383 g/mol. The van der Waals surface area contributed by atoms with Gasteiger partial charge in [0.2, 0.25) is 10.0 Å². The van der Waals surface area contributed by atoms with Crippen molar-refractivity contribution in [1.29, 1.82) is 0 Å². The highest BCUT2D eigenvalue weighted by Crippen LogP contribution is 2.27. The fourth-order valence-electron chi connectivity index (χ4n) is 1.85. The van der Waals surface area contributed by atoms with Gasteiger partial charge in [0.15, 0.2) is 0 Å². The van der Waals surface area contributed by atoms with Crippen LogP contribution in [0.2, 0.25) is 0 Å². The predicted octanol–water partition coefficient (Wildman–Crippen LogP) is 4.24. The Hall–Kier alpha value is -0.100. The van der Waals surface area contributed by atoms with Crippen molar-refractivity contribution >= 4 is 37.6 Å². The van der Waals surface area contributed by atoms with Gasteiger partial charge < -0.3 is 0 Å². The Bertz CT molecular complexity index is 548. The quantitative estimate of drug-likeness (QED) is 0.661. The van der Waals surface area contributed by atoms with Crippen LogP contribution in [0.3, 0.4) is 0 Å². The zero-order valence-corrected chi connectivity index (χ0v) is 15.2. The Morgan fingerprint density at radius 2 is 2.00 bits per heavy atom. The fraction of sp³-hybridized carbons (Fsp3) is 0.571. The van der Waals surface area contributed by atoms with Crippen molar-refractivity contribution in [2.45, 2.75) is 38.0 Å². The maximum atomic E-state index is 12.7. The molecule has 1 aromatic carbocycles. The van der Waals surface area contributed by atoms with Gasteiger partial charge in [-0.1, -0.05) is 33.3 Å². The summed E-state index contributed by atoms with van der Waals surface area (Å²) in [6.45, 7) is 7.00. The van der Waals surface area contributed by atoms with Crippen molar-refractivity contribution in [2.24, 2.45) is 5.92 Å². The van der Waals surface area contributed by atoms with Crippen LogP contribution in [0.4, 0.5) is 0 Å². The Kier molecular flexibility index (Phi) is 6.98. The summed E-state index contributed by atoms with van der Waals surface area (Å²) < 4.78 is 27.5. The number of hydrogen-bond acceptors (Lipinski definition) is 2. The highest BCUT2D eigenvalue weighted by molar-refractivity contribution is 9.10. The number of rotatable bonds is 7. The van der Waals surface area contributed by atoms with Crippen molar-refractivity contribution in [3.63, 3.8) is 0 Å². The first kappa shape index (κ1) is 18.0. The molecule has 3 nitrogen and oxygen atoms in total. The molecule has 0 fully saturated rings. The van der Waals surface area contributed by atoms with Crippen molar-refractivity contribution < 1.29 is 8.42 Å². The Morgan fingerprint density at radius 3 is 2.45 bits per heavy atom. The van der Waals surface area contributed by atoms with Crippen LogP contribution in [0.25, 0.3) is 0 Å². The lowest BCUT2D eigenvalue weighted by atomic mass is 10.1. The lowest BCUT2D eigenvalue weighted by Crippen LogP contribution is -2.34. The average Bonchev–Trinajstić information content (AvgIpc) is 2.43. The smallest absolute Gasteiger partial charge is 0.207 e. The SMILES string of the molecule is CCC(C)CN(CC)S(=O)(=O)c1ccc(CCl)cc1Br. The second-order valence-corrected chi connectivity index (χ2v) is 7.90. The number of hydrogen-bond donors (Lipinski definition) is 0. The van der Waals surface area contributed by atoms with Crippen molar-refractivity contribution in [3.8, 4) is 0 Å². The summed E-state index contributed by atoms with van der Waals surface area (Å²) in [6.07, 6.45) is 0.957. The van der Waals surface area contributed by atoms with Gasteiger partial charge >= 0.3 is 0 Å². The van der Waals surface area contributed by atoms with Crippen LogP contribution < -0.4 is 0 Å². The summed E-state index contributed by atoms with van der Waals surface area (Å²) in [5, 5.41) is 0. The summed E-state index contributed by atoms with van der Waals surface area (Å²) >= 11 is 9.10. The molecular formula is C14H21BrClNO2S. The molecule has 0 N–H and O–H groups in total. The van der Waals surface area contributed by atoms with Crippen LogP contribution in [0, 0.1) is 5.92 Å². The van der Waals surface area contributed by atoms with E-state index in [0.717, 1.165) is 12.0 Å². The molecule has 0 bridgehead atoms. The topological polar surface area (TPSA) is 37.4 Å². The fourth-order valence-corrected chi connectivity index (χ4v) is 4.67. The predicted molar refractivity (Wildman–Crippen MR) is 87.6 cm³/mol. The molecule has 20 heavy (non-hydrogen) atoms. The molecule has 0 aromatic heterocycles. The van der Waals surface area contributed by atoms with E-state index in [4.69, 9.17) is 11.6 Å². The van der Waals surface area contributed by atoms with Gasteiger partial charge in [-0.15, -0.1) is 11.6 Å². The first-order valence-electron chi connectivity index (χ1n) is 6.71. The molecule has 0 heterocycles. The van der Waals surface area contributed by atoms with Gasteiger partial charge in [-0.05, 0) is 39.5 Å². The molecule has 0 amide bonds. The van der Waals surface area contributed by atoms with Crippen molar-refractivity contribution in [3.05, 3.63) is 28.2 Å². The standard InChI is InChI=1S/C14H21BrClNO2S/c1-4-11(3)10-17(5-2)20(18,19)14-7-6-12(9-16)8-13(14)15/h6-8,11H,4-5,9-10H2,1-3H3. The first-order valence-corrected chi connectivity index (χ1v) is 9.48. The highest BCUT2D eigenvalue weighted by Gasteiger charge is 2.26. The minimum absolute atomic E-state index is 0.302. The monoisotopic (exact) mass is 381 g/mol. The molecular weight excluding hydrogens is 362 g/mol. The van der Waals surface area contributed by atoms with Gasteiger partial charge in [-0.25, -0.2) is 8.42 Å². The van der Waals surface area contributed by atoms with Gasteiger partial charge in [0.25, 0.3) is 0 Å². The van der Waals surface area contributed by atoms with Gasteiger partial charge in [0, 0.05) is 23.4 Å². The molecule has 0 radical (unpaired) electrons. The van der Waals surface area contributed by atoms with E-state index in [2.05, 4.69) is 29.8 Å². The minimum atomic E-state index is -3.47. The summed E-state index contributed by atoms with van der Waals surface area (Å²) in [5.41, 5.74) is 0.891. The Labute approximate surface area is 135 Å².